The van der Waals surface area contributed by atoms with E-state index in [9.17, 15) is 4.79 Å². The maximum absolute atomic E-state index is 10.5. The van der Waals surface area contributed by atoms with Crippen molar-refractivity contribution >= 4 is 6.29 Å². The molecule has 0 spiro atoms. The van der Waals surface area contributed by atoms with Crippen molar-refractivity contribution in [2.24, 2.45) is 5.92 Å². The van der Waals surface area contributed by atoms with Gasteiger partial charge < -0.3 is 0 Å². The van der Waals surface area contributed by atoms with Gasteiger partial charge in [0.1, 0.15) is 6.29 Å². The van der Waals surface area contributed by atoms with E-state index in [2.05, 4.69) is 39.8 Å². The molecule has 0 radical (unpaired) electrons. The van der Waals surface area contributed by atoms with E-state index in [1.807, 2.05) is 13.0 Å². The van der Waals surface area contributed by atoms with Crippen LogP contribution < -0.4 is 0 Å². The van der Waals surface area contributed by atoms with Crippen LogP contribution in [0.4, 0.5) is 0 Å². The van der Waals surface area contributed by atoms with Gasteiger partial charge in [0.15, 0.2) is 0 Å². The molecule has 0 aromatic heterocycles. The van der Waals surface area contributed by atoms with E-state index in [1.54, 1.807) is 0 Å². The monoisotopic (exact) mass is 234 g/mol. The zero-order chi connectivity index (χ0) is 13.3. The van der Waals surface area contributed by atoms with Crippen molar-refractivity contribution < 1.29 is 4.79 Å². The second-order valence-corrected chi connectivity index (χ2v) is 5.11. The molecular weight excluding hydrogens is 208 g/mol. The van der Waals surface area contributed by atoms with Gasteiger partial charge in [0.2, 0.25) is 0 Å². The highest BCUT2D eigenvalue weighted by molar-refractivity contribution is 5.72. The molecule has 0 fully saturated rings. The van der Waals surface area contributed by atoms with Crippen LogP contribution in [0.3, 0.4) is 0 Å². The topological polar surface area (TPSA) is 17.1 Å². The Morgan fingerprint density at radius 1 is 1.12 bits per heavy atom. The van der Waals surface area contributed by atoms with Crippen molar-refractivity contribution in [1.29, 1.82) is 0 Å². The molecule has 1 nitrogen and oxygen atoms in total. The molecule has 1 unspecified atom stereocenters. The van der Waals surface area contributed by atoms with E-state index in [1.165, 1.54) is 11.1 Å². The molecule has 0 N–H and O–H groups in total. The fourth-order valence-electron chi connectivity index (χ4n) is 1.63. The zero-order valence-corrected chi connectivity index (χ0v) is 11.9. The van der Waals surface area contributed by atoms with Gasteiger partial charge in [-0.1, -0.05) is 36.3 Å². The van der Waals surface area contributed by atoms with E-state index in [0.717, 1.165) is 31.1 Å². The van der Waals surface area contributed by atoms with Crippen molar-refractivity contribution in [2.75, 3.05) is 0 Å². The summed E-state index contributed by atoms with van der Waals surface area (Å²) in [6.45, 7) is 10.5. The van der Waals surface area contributed by atoms with Crippen LogP contribution in [0.2, 0.25) is 0 Å². The van der Waals surface area contributed by atoms with E-state index in [-0.39, 0.29) is 0 Å². The van der Waals surface area contributed by atoms with Gasteiger partial charge in [-0.3, -0.25) is 4.79 Å². The molecule has 0 saturated carbocycles. The molecular formula is C16H26O. The Hall–Kier alpha value is -1.11. The molecule has 0 amide bonds. The van der Waals surface area contributed by atoms with Crippen molar-refractivity contribution in [3.05, 3.63) is 34.9 Å². The lowest BCUT2D eigenvalue weighted by atomic mass is 10.0. The molecule has 0 heterocycles. The summed E-state index contributed by atoms with van der Waals surface area (Å²) in [6.07, 6.45) is 10.8. The van der Waals surface area contributed by atoms with E-state index in [4.69, 9.17) is 0 Å². The second kappa shape index (κ2) is 8.98. The number of rotatable bonds is 7. The molecule has 1 atom stereocenters. The maximum atomic E-state index is 10.5. The van der Waals surface area contributed by atoms with E-state index < -0.39 is 0 Å². The van der Waals surface area contributed by atoms with Crippen LogP contribution in [-0.4, -0.2) is 6.29 Å². The fourth-order valence-corrected chi connectivity index (χ4v) is 1.63. The summed E-state index contributed by atoms with van der Waals surface area (Å²) in [7, 11) is 0. The van der Waals surface area contributed by atoms with Crippen molar-refractivity contribution in [1.82, 2.24) is 0 Å². The van der Waals surface area contributed by atoms with Crippen LogP contribution >= 0.6 is 0 Å². The average molecular weight is 234 g/mol. The van der Waals surface area contributed by atoms with Gasteiger partial charge >= 0.3 is 0 Å². The Morgan fingerprint density at radius 3 is 2.29 bits per heavy atom. The Balaban J connectivity index is 4.06. The number of carbonyl (C=O) groups excluding carboxylic acids is 1. The Labute approximate surface area is 106 Å². The lowest BCUT2D eigenvalue weighted by molar-refractivity contribution is -0.104. The molecule has 0 aliphatic heterocycles. The molecule has 1 heteroatoms. The standard InChI is InChI=1S/C16H26O/c1-13(2)7-6-8-14(3)9-10-15(4)11-16(5)12-17/h7,9,11-12,15H,6,8,10H2,1-5H3. The largest absolute Gasteiger partial charge is 0.298 e. The molecule has 96 valence electrons. The summed E-state index contributed by atoms with van der Waals surface area (Å²) >= 11 is 0. The summed E-state index contributed by atoms with van der Waals surface area (Å²) in [5.41, 5.74) is 3.65. The first-order valence-corrected chi connectivity index (χ1v) is 6.38. The van der Waals surface area contributed by atoms with Gasteiger partial charge in [-0.25, -0.2) is 0 Å². The van der Waals surface area contributed by atoms with Crippen molar-refractivity contribution in [2.45, 2.75) is 53.9 Å². The molecule has 0 aromatic carbocycles. The van der Waals surface area contributed by atoms with Crippen molar-refractivity contribution in [3.8, 4) is 0 Å². The number of hydrogen-bond donors (Lipinski definition) is 0. The molecule has 0 aliphatic rings. The van der Waals surface area contributed by atoms with Crippen LogP contribution in [0.15, 0.2) is 34.9 Å². The number of carbonyl (C=O) groups is 1. The summed E-state index contributed by atoms with van der Waals surface area (Å²) in [4.78, 5) is 10.5. The molecule has 0 saturated heterocycles. The Bertz CT molecular complexity index is 314. The molecule has 0 aromatic rings. The lowest BCUT2D eigenvalue weighted by Gasteiger charge is -2.04. The summed E-state index contributed by atoms with van der Waals surface area (Å²) < 4.78 is 0. The first kappa shape index (κ1) is 15.9. The minimum absolute atomic E-state index is 0.443. The van der Waals surface area contributed by atoms with Gasteiger partial charge in [0.05, 0.1) is 0 Å². The van der Waals surface area contributed by atoms with Crippen LogP contribution in [0.25, 0.3) is 0 Å². The van der Waals surface area contributed by atoms with Crippen LogP contribution in [-0.2, 0) is 4.79 Å². The lowest BCUT2D eigenvalue weighted by Crippen LogP contribution is -1.90. The van der Waals surface area contributed by atoms with Gasteiger partial charge in [0.25, 0.3) is 0 Å². The summed E-state index contributed by atoms with van der Waals surface area (Å²) in [5, 5.41) is 0. The van der Waals surface area contributed by atoms with E-state index >= 15 is 0 Å². The quantitative estimate of drug-likeness (QED) is 0.349. The van der Waals surface area contributed by atoms with Gasteiger partial charge in [-0.2, -0.15) is 0 Å². The molecule has 17 heavy (non-hydrogen) atoms. The van der Waals surface area contributed by atoms with Crippen molar-refractivity contribution in [3.63, 3.8) is 0 Å². The zero-order valence-electron chi connectivity index (χ0n) is 11.9. The highest BCUT2D eigenvalue weighted by Crippen LogP contribution is 2.12. The fraction of sp³-hybridized carbons (Fsp3) is 0.562. The van der Waals surface area contributed by atoms with Gasteiger partial charge in [0, 0.05) is 0 Å². The maximum Gasteiger partial charge on any atom is 0.145 e. The minimum Gasteiger partial charge on any atom is -0.298 e. The smallest absolute Gasteiger partial charge is 0.145 e. The van der Waals surface area contributed by atoms with Crippen LogP contribution in [0.1, 0.15) is 53.9 Å². The first-order chi connectivity index (χ1) is 7.95. The van der Waals surface area contributed by atoms with E-state index in [0.29, 0.717) is 5.92 Å². The SMILES string of the molecule is CC(C)=CCCC(C)=CCC(C)C=C(C)C=O. The third-order valence-electron chi connectivity index (χ3n) is 2.66. The van der Waals surface area contributed by atoms with Crippen LogP contribution in [0, 0.1) is 5.92 Å². The first-order valence-electron chi connectivity index (χ1n) is 6.38. The minimum atomic E-state index is 0.443. The summed E-state index contributed by atoms with van der Waals surface area (Å²) in [5.74, 6) is 0.443. The van der Waals surface area contributed by atoms with Gasteiger partial charge in [-0.05, 0) is 58.4 Å². The van der Waals surface area contributed by atoms with Gasteiger partial charge in [-0.15, -0.1) is 0 Å². The third kappa shape index (κ3) is 9.80. The number of allylic oxidation sites excluding steroid dienone is 6. The Kier molecular flexibility index (Phi) is 8.39. The predicted octanol–water partition coefficient (Wildman–Crippen LogP) is 4.85. The normalized spacial score (nSPS) is 14.4. The highest BCUT2D eigenvalue weighted by Gasteiger charge is 1.97. The molecule has 0 aliphatic carbocycles. The number of aldehydes is 1. The molecule has 0 bridgehead atoms. The molecule has 0 rings (SSSR count). The van der Waals surface area contributed by atoms with Crippen LogP contribution in [0.5, 0.6) is 0 Å². The number of hydrogen-bond acceptors (Lipinski definition) is 1. The third-order valence-corrected chi connectivity index (χ3v) is 2.66. The predicted molar refractivity (Wildman–Crippen MR) is 76.0 cm³/mol. The Morgan fingerprint density at radius 2 is 1.76 bits per heavy atom. The second-order valence-electron chi connectivity index (χ2n) is 5.11. The average Bonchev–Trinajstić information content (AvgIpc) is 2.25. The summed E-state index contributed by atoms with van der Waals surface area (Å²) in [6, 6.07) is 0. The highest BCUT2D eigenvalue weighted by atomic mass is 16.1.